The van der Waals surface area contributed by atoms with Crippen LogP contribution in [0.4, 0.5) is 5.69 Å². The number of anilines is 1. The molecule has 1 aliphatic heterocycles. The zero-order valence-electron chi connectivity index (χ0n) is 11.0. The zero-order valence-corrected chi connectivity index (χ0v) is 12.5. The summed E-state index contributed by atoms with van der Waals surface area (Å²) in [5, 5.41) is 4.40. The summed E-state index contributed by atoms with van der Waals surface area (Å²) in [7, 11) is 0. The van der Waals surface area contributed by atoms with Crippen LogP contribution in [-0.4, -0.2) is 18.6 Å². The molecule has 1 aliphatic carbocycles. The van der Waals surface area contributed by atoms with Crippen molar-refractivity contribution in [1.82, 2.24) is 0 Å². The minimum absolute atomic E-state index is 0.163. The van der Waals surface area contributed by atoms with Crippen molar-refractivity contribution in [2.45, 2.75) is 25.3 Å². The van der Waals surface area contributed by atoms with E-state index in [1.165, 1.54) is 0 Å². The standard InChI is InChI=1S/C15H15Cl2NO2/c1-2-20-15(19)14-10-5-3-4-9(10)11-6-8(16)7-12(17)13(11)18-14/h3-4,6-7,9-10,14,18H,2,5H2,1H3/t9-,10+,14-/m1/s1. The highest BCUT2D eigenvalue weighted by atomic mass is 35.5. The molecule has 0 amide bonds. The molecule has 3 rings (SSSR count). The molecular formula is C15H15Cl2NO2. The Hall–Kier alpha value is -1.19. The topological polar surface area (TPSA) is 38.3 Å². The Kier molecular flexibility index (Phi) is 3.65. The molecule has 1 aromatic carbocycles. The van der Waals surface area contributed by atoms with Crippen molar-refractivity contribution < 1.29 is 9.53 Å². The number of nitrogens with one attached hydrogen (secondary N) is 1. The monoisotopic (exact) mass is 311 g/mol. The molecule has 1 N–H and O–H groups in total. The summed E-state index contributed by atoms with van der Waals surface area (Å²) >= 11 is 12.4. The fraction of sp³-hybridized carbons (Fsp3) is 0.400. The predicted octanol–water partition coefficient (Wildman–Crippen LogP) is 4.01. The van der Waals surface area contributed by atoms with Gasteiger partial charge in [0.1, 0.15) is 6.04 Å². The number of rotatable bonds is 2. The van der Waals surface area contributed by atoms with Gasteiger partial charge in [0.15, 0.2) is 0 Å². The predicted molar refractivity (Wildman–Crippen MR) is 80.5 cm³/mol. The highest BCUT2D eigenvalue weighted by molar-refractivity contribution is 6.36. The number of allylic oxidation sites excluding steroid dienone is 2. The summed E-state index contributed by atoms with van der Waals surface area (Å²) < 4.78 is 5.17. The number of esters is 1. The molecule has 0 unspecified atom stereocenters. The van der Waals surface area contributed by atoms with Crippen LogP contribution in [0.1, 0.15) is 24.8 Å². The van der Waals surface area contributed by atoms with E-state index in [-0.39, 0.29) is 23.8 Å². The number of ether oxygens (including phenoxy) is 1. The number of halogens is 2. The van der Waals surface area contributed by atoms with Gasteiger partial charge < -0.3 is 10.1 Å². The third kappa shape index (κ3) is 2.19. The second kappa shape index (κ2) is 5.30. The van der Waals surface area contributed by atoms with Crippen LogP contribution in [0, 0.1) is 5.92 Å². The second-order valence-electron chi connectivity index (χ2n) is 5.08. The van der Waals surface area contributed by atoms with Crippen molar-refractivity contribution in [3.05, 3.63) is 39.9 Å². The maximum Gasteiger partial charge on any atom is 0.328 e. The third-order valence-corrected chi connectivity index (χ3v) is 4.44. The molecule has 0 saturated carbocycles. The Morgan fingerprint density at radius 1 is 1.45 bits per heavy atom. The van der Waals surface area contributed by atoms with E-state index in [0.717, 1.165) is 17.7 Å². The van der Waals surface area contributed by atoms with Crippen molar-refractivity contribution in [3.63, 3.8) is 0 Å². The van der Waals surface area contributed by atoms with Gasteiger partial charge in [0, 0.05) is 16.9 Å². The van der Waals surface area contributed by atoms with Crippen LogP contribution >= 0.6 is 23.2 Å². The number of carbonyl (C=O) groups is 1. The minimum atomic E-state index is -0.360. The van der Waals surface area contributed by atoms with Crippen molar-refractivity contribution >= 4 is 34.9 Å². The Balaban J connectivity index is 2.03. The van der Waals surface area contributed by atoms with Gasteiger partial charge in [-0.05, 0) is 31.0 Å². The summed E-state index contributed by atoms with van der Waals surface area (Å²) in [6, 6.07) is 3.25. The number of fused-ring (bicyclic) bond motifs is 3. The number of hydrogen-bond acceptors (Lipinski definition) is 3. The fourth-order valence-corrected chi connectivity index (χ4v) is 3.65. The largest absolute Gasteiger partial charge is 0.464 e. The zero-order chi connectivity index (χ0) is 14.3. The van der Waals surface area contributed by atoms with Crippen LogP contribution in [0.2, 0.25) is 10.0 Å². The lowest BCUT2D eigenvalue weighted by Gasteiger charge is -2.36. The van der Waals surface area contributed by atoms with Gasteiger partial charge in [0.05, 0.1) is 17.3 Å². The number of benzene rings is 1. The number of carbonyl (C=O) groups excluding carboxylic acids is 1. The van der Waals surface area contributed by atoms with Gasteiger partial charge in [-0.2, -0.15) is 0 Å². The van der Waals surface area contributed by atoms with Gasteiger partial charge in [0.2, 0.25) is 0 Å². The second-order valence-corrected chi connectivity index (χ2v) is 5.92. The minimum Gasteiger partial charge on any atom is -0.464 e. The van der Waals surface area contributed by atoms with E-state index < -0.39 is 0 Å². The first kappa shape index (κ1) is 13.8. The van der Waals surface area contributed by atoms with E-state index in [4.69, 9.17) is 27.9 Å². The van der Waals surface area contributed by atoms with Crippen LogP contribution in [0.25, 0.3) is 0 Å². The average molecular weight is 312 g/mol. The molecule has 0 bridgehead atoms. The van der Waals surface area contributed by atoms with Crippen LogP contribution < -0.4 is 5.32 Å². The Morgan fingerprint density at radius 3 is 3.00 bits per heavy atom. The average Bonchev–Trinajstić information content (AvgIpc) is 2.87. The number of hydrogen-bond donors (Lipinski definition) is 1. The molecule has 1 aromatic rings. The van der Waals surface area contributed by atoms with Crippen LogP contribution in [0.5, 0.6) is 0 Å². The van der Waals surface area contributed by atoms with Gasteiger partial charge in [0.25, 0.3) is 0 Å². The van der Waals surface area contributed by atoms with E-state index in [2.05, 4.69) is 17.5 Å². The first-order chi connectivity index (χ1) is 9.61. The lowest BCUT2D eigenvalue weighted by atomic mass is 9.79. The van der Waals surface area contributed by atoms with E-state index in [1.54, 1.807) is 6.07 Å². The van der Waals surface area contributed by atoms with Gasteiger partial charge in [-0.1, -0.05) is 35.4 Å². The molecule has 3 nitrogen and oxygen atoms in total. The first-order valence-electron chi connectivity index (χ1n) is 6.70. The lowest BCUT2D eigenvalue weighted by Crippen LogP contribution is -2.43. The summed E-state index contributed by atoms with van der Waals surface area (Å²) in [6.45, 7) is 2.19. The van der Waals surface area contributed by atoms with Gasteiger partial charge in [-0.15, -0.1) is 0 Å². The molecular weight excluding hydrogens is 297 g/mol. The highest BCUT2D eigenvalue weighted by Gasteiger charge is 2.42. The van der Waals surface area contributed by atoms with Crippen LogP contribution in [0.15, 0.2) is 24.3 Å². The van der Waals surface area contributed by atoms with E-state index in [0.29, 0.717) is 16.7 Å². The molecule has 0 saturated heterocycles. The third-order valence-electron chi connectivity index (χ3n) is 3.93. The Labute approximate surface area is 127 Å². The fourth-order valence-electron chi connectivity index (χ4n) is 3.09. The van der Waals surface area contributed by atoms with Gasteiger partial charge >= 0.3 is 5.97 Å². The van der Waals surface area contributed by atoms with Gasteiger partial charge in [-0.3, -0.25) is 0 Å². The van der Waals surface area contributed by atoms with E-state index in [9.17, 15) is 4.79 Å². The maximum absolute atomic E-state index is 12.1. The molecule has 5 heteroatoms. The molecule has 0 fully saturated rings. The molecule has 3 atom stereocenters. The normalized spacial score (nSPS) is 26.6. The maximum atomic E-state index is 12.1. The van der Waals surface area contributed by atoms with Gasteiger partial charge in [-0.25, -0.2) is 4.79 Å². The van der Waals surface area contributed by atoms with Crippen molar-refractivity contribution in [3.8, 4) is 0 Å². The van der Waals surface area contributed by atoms with Crippen molar-refractivity contribution in [2.75, 3.05) is 11.9 Å². The van der Waals surface area contributed by atoms with E-state index in [1.807, 2.05) is 13.0 Å². The molecule has 106 valence electrons. The summed E-state index contributed by atoms with van der Waals surface area (Å²) in [5.74, 6) is 0.107. The quantitative estimate of drug-likeness (QED) is 0.662. The summed E-state index contributed by atoms with van der Waals surface area (Å²) in [5.41, 5.74) is 1.85. The molecule has 0 aromatic heterocycles. The highest BCUT2D eigenvalue weighted by Crippen LogP contribution is 2.48. The molecule has 2 aliphatic rings. The summed E-state index contributed by atoms with van der Waals surface area (Å²) in [6.07, 6.45) is 5.08. The SMILES string of the molecule is CCOC(=O)[C@@H]1Nc2c(Cl)cc(Cl)cc2[C@@H]2C=CC[C@H]12. The summed E-state index contributed by atoms with van der Waals surface area (Å²) in [4.78, 5) is 12.1. The molecule has 0 radical (unpaired) electrons. The van der Waals surface area contributed by atoms with E-state index >= 15 is 0 Å². The van der Waals surface area contributed by atoms with Crippen molar-refractivity contribution in [2.24, 2.45) is 5.92 Å². The van der Waals surface area contributed by atoms with Crippen LogP contribution in [-0.2, 0) is 9.53 Å². The lowest BCUT2D eigenvalue weighted by molar-refractivity contribution is -0.145. The Bertz CT molecular complexity index is 585. The van der Waals surface area contributed by atoms with Crippen molar-refractivity contribution in [1.29, 1.82) is 0 Å². The smallest absolute Gasteiger partial charge is 0.328 e. The Morgan fingerprint density at radius 2 is 2.25 bits per heavy atom. The molecule has 20 heavy (non-hydrogen) atoms. The first-order valence-corrected chi connectivity index (χ1v) is 7.46. The molecule has 0 spiro atoms. The van der Waals surface area contributed by atoms with Crippen LogP contribution in [0.3, 0.4) is 0 Å². The molecule has 1 heterocycles.